The molecule has 1 aliphatic rings. The number of benzene rings is 3. The smallest absolute Gasteiger partial charge is 0.256 e. The van der Waals surface area contributed by atoms with Gasteiger partial charge in [-0.15, -0.1) is 0 Å². The number of rotatable bonds is 8. The van der Waals surface area contributed by atoms with Crippen LogP contribution in [0.3, 0.4) is 0 Å². The molecule has 1 saturated heterocycles. The summed E-state index contributed by atoms with van der Waals surface area (Å²) in [5.74, 6) is -0.484. The van der Waals surface area contributed by atoms with Crippen LogP contribution in [0.5, 0.6) is 5.75 Å². The van der Waals surface area contributed by atoms with Gasteiger partial charge in [0.15, 0.2) is 5.11 Å². The summed E-state index contributed by atoms with van der Waals surface area (Å²) in [6.07, 6.45) is 0.341. The van der Waals surface area contributed by atoms with E-state index in [9.17, 15) is 14.0 Å². The molecule has 1 atom stereocenters. The quantitative estimate of drug-likeness (QED) is 0.367. The fourth-order valence-electron chi connectivity index (χ4n) is 3.94. The highest BCUT2D eigenvalue weighted by Crippen LogP contribution is 2.30. The van der Waals surface area contributed by atoms with Gasteiger partial charge in [0.2, 0.25) is 5.91 Å². The summed E-state index contributed by atoms with van der Waals surface area (Å²) in [5.41, 5.74) is 1.84. The van der Waals surface area contributed by atoms with Crippen molar-refractivity contribution in [3.8, 4) is 5.75 Å². The number of amides is 2. The minimum absolute atomic E-state index is 0.142. The molecule has 186 valence electrons. The molecule has 10 heteroatoms. The van der Waals surface area contributed by atoms with Crippen LogP contribution in [0.1, 0.15) is 12.0 Å². The molecule has 1 aliphatic heterocycles. The van der Waals surface area contributed by atoms with Crippen LogP contribution >= 0.6 is 35.4 Å². The van der Waals surface area contributed by atoms with Gasteiger partial charge < -0.3 is 15.0 Å². The monoisotopic (exact) mass is 545 g/mol. The Bertz CT molecular complexity index is 1290. The van der Waals surface area contributed by atoms with Gasteiger partial charge in [0, 0.05) is 22.3 Å². The first kappa shape index (κ1) is 25.9. The predicted molar refractivity (Wildman–Crippen MR) is 143 cm³/mol. The Hall–Kier alpha value is -3.20. The zero-order valence-corrected chi connectivity index (χ0v) is 21.5. The van der Waals surface area contributed by atoms with Gasteiger partial charge in [-0.25, -0.2) is 4.39 Å². The van der Waals surface area contributed by atoms with E-state index >= 15 is 0 Å². The molecule has 0 aliphatic carbocycles. The van der Waals surface area contributed by atoms with Gasteiger partial charge in [-0.3, -0.25) is 14.5 Å². The third-order valence-electron chi connectivity index (χ3n) is 5.79. The minimum atomic E-state index is -0.828. The number of hydrogen-bond acceptors (Lipinski definition) is 4. The van der Waals surface area contributed by atoms with Crippen molar-refractivity contribution >= 4 is 63.7 Å². The molecule has 0 aromatic heterocycles. The van der Waals surface area contributed by atoms with E-state index in [1.165, 1.54) is 29.2 Å². The lowest BCUT2D eigenvalue weighted by atomic mass is 10.1. The normalized spacial score (nSPS) is 15.4. The van der Waals surface area contributed by atoms with Crippen LogP contribution in [0.4, 0.5) is 15.8 Å². The maximum Gasteiger partial charge on any atom is 0.256 e. The molecule has 0 spiro atoms. The number of nitrogens with one attached hydrogen (secondary N) is 1. The first-order chi connectivity index (χ1) is 17.3. The maximum atomic E-state index is 13.5. The fourth-order valence-corrected chi connectivity index (χ4v) is 4.86. The van der Waals surface area contributed by atoms with Gasteiger partial charge in [0.1, 0.15) is 17.6 Å². The Labute approximate surface area is 223 Å². The van der Waals surface area contributed by atoms with Crippen molar-refractivity contribution in [2.24, 2.45) is 0 Å². The fraction of sp³-hybridized carbons (Fsp3) is 0.192. The van der Waals surface area contributed by atoms with Crippen LogP contribution < -0.4 is 15.0 Å². The molecule has 36 heavy (non-hydrogen) atoms. The molecule has 3 aromatic rings. The minimum Gasteiger partial charge on any atom is -0.497 e. The Morgan fingerprint density at radius 3 is 2.42 bits per heavy atom. The van der Waals surface area contributed by atoms with Gasteiger partial charge in [-0.1, -0.05) is 29.3 Å². The second kappa shape index (κ2) is 11.2. The zero-order valence-electron chi connectivity index (χ0n) is 19.2. The van der Waals surface area contributed by atoms with Crippen LogP contribution in [-0.4, -0.2) is 41.5 Å². The first-order valence-corrected chi connectivity index (χ1v) is 12.2. The second-order valence-electron chi connectivity index (χ2n) is 8.11. The van der Waals surface area contributed by atoms with Crippen molar-refractivity contribution in [2.75, 3.05) is 23.9 Å². The van der Waals surface area contributed by atoms with Crippen LogP contribution in [0.15, 0.2) is 66.7 Å². The third kappa shape index (κ3) is 5.78. The van der Waals surface area contributed by atoms with Crippen molar-refractivity contribution in [2.45, 2.75) is 18.9 Å². The first-order valence-electron chi connectivity index (χ1n) is 11.0. The Balaban J connectivity index is 1.57. The van der Waals surface area contributed by atoms with Gasteiger partial charge in [0.05, 0.1) is 19.2 Å². The third-order valence-corrected chi connectivity index (χ3v) is 6.80. The molecular formula is C26H22Cl2FN3O3S. The SMILES string of the molecule is COc1ccc(N2C(=O)C(CC(=O)Nc3ccc(F)cc3)N(CCc3ccc(Cl)cc3Cl)C2=S)cc1. The van der Waals surface area contributed by atoms with Crippen molar-refractivity contribution in [3.63, 3.8) is 0 Å². The van der Waals surface area contributed by atoms with Gasteiger partial charge in [-0.2, -0.15) is 0 Å². The molecule has 0 radical (unpaired) electrons. The number of hydrogen-bond donors (Lipinski definition) is 1. The highest BCUT2D eigenvalue weighted by atomic mass is 35.5. The topological polar surface area (TPSA) is 61.9 Å². The molecule has 0 bridgehead atoms. The molecule has 3 aromatic carbocycles. The van der Waals surface area contributed by atoms with Crippen molar-refractivity contribution < 1.29 is 18.7 Å². The number of carbonyl (C=O) groups excluding carboxylic acids is 2. The second-order valence-corrected chi connectivity index (χ2v) is 9.32. The van der Waals surface area contributed by atoms with E-state index in [1.807, 2.05) is 6.07 Å². The molecule has 6 nitrogen and oxygen atoms in total. The Kier molecular flexibility index (Phi) is 8.08. The summed E-state index contributed by atoms with van der Waals surface area (Å²) >= 11 is 18.0. The lowest BCUT2D eigenvalue weighted by molar-refractivity contribution is -0.124. The highest BCUT2D eigenvalue weighted by Gasteiger charge is 2.44. The molecule has 1 unspecified atom stereocenters. The molecule has 2 amide bonds. The van der Waals surface area contributed by atoms with E-state index in [0.29, 0.717) is 40.1 Å². The summed E-state index contributed by atoms with van der Waals surface area (Å²) in [7, 11) is 1.56. The van der Waals surface area contributed by atoms with E-state index < -0.39 is 17.8 Å². The molecule has 0 saturated carbocycles. The van der Waals surface area contributed by atoms with Crippen LogP contribution in [0.2, 0.25) is 10.0 Å². The summed E-state index contributed by atoms with van der Waals surface area (Å²) in [4.78, 5) is 29.5. The van der Waals surface area contributed by atoms with Crippen molar-refractivity contribution in [1.29, 1.82) is 0 Å². The Morgan fingerprint density at radius 1 is 1.08 bits per heavy atom. The van der Waals surface area contributed by atoms with Crippen molar-refractivity contribution in [1.82, 2.24) is 4.90 Å². The molecule has 1 N–H and O–H groups in total. The number of carbonyl (C=O) groups is 2. The summed E-state index contributed by atoms with van der Waals surface area (Å²) < 4.78 is 18.4. The number of ether oxygens (including phenoxy) is 1. The Morgan fingerprint density at radius 2 is 1.78 bits per heavy atom. The molecular weight excluding hydrogens is 524 g/mol. The lowest BCUT2D eigenvalue weighted by Crippen LogP contribution is -2.39. The van der Waals surface area contributed by atoms with E-state index in [0.717, 1.165) is 5.56 Å². The van der Waals surface area contributed by atoms with Crippen LogP contribution in [0, 0.1) is 5.82 Å². The average molecular weight is 546 g/mol. The number of nitrogens with zero attached hydrogens (tertiary/aromatic N) is 2. The number of halogens is 3. The van der Waals surface area contributed by atoms with Crippen molar-refractivity contribution in [3.05, 3.63) is 88.2 Å². The average Bonchev–Trinajstić information content (AvgIpc) is 3.08. The lowest BCUT2D eigenvalue weighted by Gasteiger charge is -2.24. The van der Waals surface area contributed by atoms with Gasteiger partial charge in [-0.05, 0) is 84.9 Å². The largest absolute Gasteiger partial charge is 0.497 e. The number of methoxy groups -OCH3 is 1. The van der Waals surface area contributed by atoms with E-state index in [1.54, 1.807) is 48.4 Å². The summed E-state index contributed by atoms with van der Waals surface area (Å²) in [6.45, 7) is 0.354. The highest BCUT2D eigenvalue weighted by molar-refractivity contribution is 7.80. The van der Waals surface area contributed by atoms with Crippen LogP contribution in [-0.2, 0) is 16.0 Å². The molecule has 1 fully saturated rings. The molecule has 4 rings (SSSR count). The van der Waals surface area contributed by atoms with Gasteiger partial charge in [0.25, 0.3) is 5.91 Å². The standard InChI is InChI=1S/C26H22Cl2FN3O3S/c1-35-21-10-8-20(9-11-21)32-25(34)23(15-24(33)30-19-6-4-18(29)5-7-19)31(26(32)36)13-12-16-2-3-17(27)14-22(16)28/h2-11,14,23H,12-13,15H2,1H3,(H,30,33). The zero-order chi connectivity index (χ0) is 25.8. The summed E-state index contributed by atoms with van der Waals surface area (Å²) in [5, 5.41) is 4.03. The van der Waals surface area contributed by atoms with Gasteiger partial charge >= 0.3 is 0 Å². The number of thiocarbonyl (C=S) groups is 1. The molecule has 1 heterocycles. The number of anilines is 2. The maximum absolute atomic E-state index is 13.5. The van der Waals surface area contributed by atoms with E-state index in [4.69, 9.17) is 40.2 Å². The van der Waals surface area contributed by atoms with E-state index in [-0.39, 0.29) is 17.4 Å². The summed E-state index contributed by atoms with van der Waals surface area (Å²) in [6, 6.07) is 16.7. The van der Waals surface area contributed by atoms with Crippen LogP contribution in [0.25, 0.3) is 0 Å². The predicted octanol–water partition coefficient (Wildman–Crippen LogP) is 5.71. The van der Waals surface area contributed by atoms with E-state index in [2.05, 4.69) is 5.32 Å².